The van der Waals surface area contributed by atoms with Crippen molar-refractivity contribution in [2.75, 3.05) is 19.6 Å². The molecule has 1 aliphatic heterocycles. The van der Waals surface area contributed by atoms with Gasteiger partial charge < -0.3 is 20.9 Å². The number of aryl methyl sites for hydroxylation is 1. The summed E-state index contributed by atoms with van der Waals surface area (Å²) in [4.78, 5) is 72.5. The third kappa shape index (κ3) is 9.50. The van der Waals surface area contributed by atoms with Crippen LogP contribution in [-0.2, 0) is 11.2 Å². The van der Waals surface area contributed by atoms with Crippen molar-refractivity contribution in [3.63, 3.8) is 0 Å². The molecule has 4 bridgehead atoms. The fourth-order valence-electron chi connectivity index (χ4n) is 5.32. The first kappa shape index (κ1) is 34.8. The zero-order chi connectivity index (χ0) is 34.0. The van der Waals surface area contributed by atoms with Gasteiger partial charge in [-0.25, -0.2) is 15.0 Å². The van der Waals surface area contributed by atoms with E-state index in [1.165, 1.54) is 28.9 Å². The summed E-state index contributed by atoms with van der Waals surface area (Å²) in [5.41, 5.74) is 2.44. The maximum absolute atomic E-state index is 13.5. The molecular weight excluding hydrogens is 649 g/mol. The number of nitrogens with zero attached hydrogens (tertiary/aromatic N) is 5. The van der Waals surface area contributed by atoms with E-state index in [-0.39, 0.29) is 59.1 Å². The lowest BCUT2D eigenvalue weighted by Gasteiger charge is -2.23. The largest absolute Gasteiger partial charge is 0.351 e. The third-order valence-corrected chi connectivity index (χ3v) is 9.66. The van der Waals surface area contributed by atoms with E-state index >= 15 is 0 Å². The molecule has 252 valence electrons. The minimum absolute atomic E-state index is 0.162. The van der Waals surface area contributed by atoms with Gasteiger partial charge in [-0.2, -0.15) is 0 Å². The summed E-state index contributed by atoms with van der Waals surface area (Å²) in [6.07, 6.45) is 5.22. The maximum Gasteiger partial charge on any atom is 0.274 e. The van der Waals surface area contributed by atoms with Gasteiger partial charge in [-0.1, -0.05) is 44.2 Å². The quantitative estimate of drug-likeness (QED) is 0.273. The summed E-state index contributed by atoms with van der Waals surface area (Å²) in [6.45, 7) is 6.92. The molecule has 0 saturated heterocycles. The molecule has 48 heavy (non-hydrogen) atoms. The van der Waals surface area contributed by atoms with Crippen molar-refractivity contribution in [2.24, 2.45) is 5.92 Å². The molecule has 0 aliphatic carbocycles. The van der Waals surface area contributed by atoms with Crippen LogP contribution in [0.15, 0.2) is 53.5 Å². The van der Waals surface area contributed by atoms with Gasteiger partial charge in [0.15, 0.2) is 0 Å². The van der Waals surface area contributed by atoms with Crippen LogP contribution >= 0.6 is 22.7 Å². The fourth-order valence-corrected chi connectivity index (χ4v) is 7.03. The number of thiazole rings is 2. The molecule has 3 aromatic heterocycles. The Bertz CT molecular complexity index is 1710. The number of hydrogen-bond donors (Lipinski definition) is 3. The van der Waals surface area contributed by atoms with Gasteiger partial charge >= 0.3 is 0 Å². The Morgan fingerprint density at radius 1 is 0.896 bits per heavy atom. The summed E-state index contributed by atoms with van der Waals surface area (Å²) in [5, 5.41) is 13.7. The Balaban J connectivity index is 1.41. The average Bonchev–Trinajstić information content (AvgIpc) is 3.77. The standard InChI is InChI=1S/C34H40N8O4S2/c1-21(2)15-24-32-41-28(20-48-32)31(45)39-25(16-23-9-5-4-6-10-23)33-40-27(19-47-33)30(44)35-12-8-14-42(13-7-11-29(43)38-24)34(46)26-18-36-22(3)17-37-26/h4-6,9-10,17-21,24-25H,7-8,11-16H2,1-3H3,(H,35,44)(H,38,43)(H,39,45)/t24-,25-/m0/s1. The second kappa shape index (κ2) is 16.5. The monoisotopic (exact) mass is 688 g/mol. The molecule has 4 heterocycles. The lowest BCUT2D eigenvalue weighted by molar-refractivity contribution is -0.122. The SMILES string of the molecule is Cc1cnc(C(=O)N2CCCNC(=O)c3csc(n3)[C@H](Cc3ccccc3)NC(=O)c3csc(n3)[C@H](CC(C)C)NC(=O)CCC2)cn1. The molecule has 0 radical (unpaired) electrons. The molecule has 5 rings (SSSR count). The molecule has 3 N–H and O–H groups in total. The van der Waals surface area contributed by atoms with Crippen LogP contribution in [0.3, 0.4) is 0 Å². The van der Waals surface area contributed by atoms with E-state index in [1.807, 2.05) is 30.3 Å². The van der Waals surface area contributed by atoms with Crippen molar-refractivity contribution in [2.45, 2.75) is 65.0 Å². The molecule has 0 spiro atoms. The van der Waals surface area contributed by atoms with Crippen molar-refractivity contribution >= 4 is 46.3 Å². The number of nitrogens with one attached hydrogen (secondary N) is 3. The van der Waals surface area contributed by atoms with Crippen LogP contribution in [0.5, 0.6) is 0 Å². The first-order valence-electron chi connectivity index (χ1n) is 16.1. The molecule has 12 nitrogen and oxygen atoms in total. The van der Waals surface area contributed by atoms with Crippen LogP contribution < -0.4 is 16.0 Å². The minimum atomic E-state index is -0.499. The van der Waals surface area contributed by atoms with Crippen LogP contribution in [0.2, 0.25) is 0 Å². The number of fused-ring (bicyclic) bond motifs is 4. The summed E-state index contributed by atoms with van der Waals surface area (Å²) in [6, 6.07) is 8.90. The summed E-state index contributed by atoms with van der Waals surface area (Å²) in [7, 11) is 0. The summed E-state index contributed by atoms with van der Waals surface area (Å²) < 4.78 is 0. The lowest BCUT2D eigenvalue weighted by atomic mass is 10.0. The molecule has 4 amide bonds. The van der Waals surface area contributed by atoms with Crippen molar-refractivity contribution in [1.29, 1.82) is 0 Å². The van der Waals surface area contributed by atoms with E-state index in [2.05, 4.69) is 49.7 Å². The van der Waals surface area contributed by atoms with Crippen molar-refractivity contribution in [1.82, 2.24) is 40.8 Å². The van der Waals surface area contributed by atoms with Gasteiger partial charge in [-0.3, -0.25) is 24.2 Å². The van der Waals surface area contributed by atoms with E-state index in [4.69, 9.17) is 0 Å². The molecule has 0 saturated carbocycles. The molecule has 0 fully saturated rings. The number of carbonyl (C=O) groups is 4. The highest BCUT2D eigenvalue weighted by Gasteiger charge is 2.26. The molecule has 1 aliphatic rings. The van der Waals surface area contributed by atoms with Crippen molar-refractivity contribution in [3.05, 3.63) is 91.8 Å². The van der Waals surface area contributed by atoms with Crippen molar-refractivity contribution in [3.8, 4) is 0 Å². The number of aromatic nitrogens is 4. The van der Waals surface area contributed by atoms with Crippen LogP contribution in [0.4, 0.5) is 0 Å². The highest BCUT2D eigenvalue weighted by Crippen LogP contribution is 2.27. The Kier molecular flexibility index (Phi) is 12.0. The Labute approximate surface area is 287 Å². The van der Waals surface area contributed by atoms with Crippen LogP contribution in [0, 0.1) is 12.8 Å². The van der Waals surface area contributed by atoms with E-state index in [0.717, 1.165) is 5.56 Å². The normalized spacial score (nSPS) is 18.4. The van der Waals surface area contributed by atoms with Crippen LogP contribution in [0.1, 0.15) is 104 Å². The van der Waals surface area contributed by atoms with Crippen LogP contribution in [-0.4, -0.2) is 68.1 Å². The molecule has 4 aromatic rings. The second-order valence-corrected chi connectivity index (χ2v) is 13.9. The van der Waals surface area contributed by atoms with Gasteiger partial charge in [-0.15, -0.1) is 22.7 Å². The van der Waals surface area contributed by atoms with Gasteiger partial charge in [0, 0.05) is 43.0 Å². The van der Waals surface area contributed by atoms with Crippen molar-refractivity contribution < 1.29 is 19.2 Å². The maximum atomic E-state index is 13.5. The van der Waals surface area contributed by atoms with Gasteiger partial charge in [0.25, 0.3) is 17.7 Å². The molecule has 2 atom stereocenters. The van der Waals surface area contributed by atoms with Gasteiger partial charge in [0.05, 0.1) is 24.0 Å². The summed E-state index contributed by atoms with van der Waals surface area (Å²) >= 11 is 2.64. The lowest BCUT2D eigenvalue weighted by Crippen LogP contribution is -2.36. The first-order chi connectivity index (χ1) is 23.2. The van der Waals surface area contributed by atoms with Crippen LogP contribution in [0.25, 0.3) is 0 Å². The number of carbonyl (C=O) groups excluding carboxylic acids is 4. The molecule has 1 aromatic carbocycles. The minimum Gasteiger partial charge on any atom is -0.351 e. The third-order valence-electron chi connectivity index (χ3n) is 7.75. The summed E-state index contributed by atoms with van der Waals surface area (Å²) in [5.74, 6) is -0.882. The number of benzene rings is 1. The van der Waals surface area contributed by atoms with E-state index in [9.17, 15) is 19.2 Å². The van der Waals surface area contributed by atoms with E-state index < -0.39 is 6.04 Å². The average molecular weight is 689 g/mol. The zero-order valence-corrected chi connectivity index (χ0v) is 28.9. The predicted octanol–water partition coefficient (Wildman–Crippen LogP) is 4.67. The Morgan fingerprint density at radius 2 is 1.58 bits per heavy atom. The number of amides is 4. The fraction of sp³-hybridized carbons (Fsp3) is 0.412. The number of hydrogen-bond acceptors (Lipinski definition) is 10. The Morgan fingerprint density at radius 3 is 2.27 bits per heavy atom. The second-order valence-electron chi connectivity index (χ2n) is 12.2. The van der Waals surface area contributed by atoms with Gasteiger partial charge in [0.2, 0.25) is 5.91 Å². The van der Waals surface area contributed by atoms with E-state index in [0.29, 0.717) is 61.0 Å². The highest BCUT2D eigenvalue weighted by atomic mass is 32.1. The van der Waals surface area contributed by atoms with Gasteiger partial charge in [0.1, 0.15) is 27.1 Å². The smallest absolute Gasteiger partial charge is 0.274 e. The predicted molar refractivity (Wildman–Crippen MR) is 184 cm³/mol. The Hall–Kier alpha value is -4.56. The highest BCUT2D eigenvalue weighted by molar-refractivity contribution is 7.10. The molecule has 14 heteroatoms. The van der Waals surface area contributed by atoms with Gasteiger partial charge in [-0.05, 0) is 44.1 Å². The molecule has 0 unspecified atom stereocenters. The van der Waals surface area contributed by atoms with E-state index in [1.54, 1.807) is 28.8 Å². The molecular formula is C34H40N8O4S2. The topological polar surface area (TPSA) is 159 Å². The first-order valence-corrected chi connectivity index (χ1v) is 17.8. The zero-order valence-electron chi connectivity index (χ0n) is 27.3. The number of rotatable bonds is 5.